The van der Waals surface area contributed by atoms with E-state index >= 15 is 0 Å². The highest BCUT2D eigenvalue weighted by molar-refractivity contribution is 6.58. The minimum atomic E-state index is -1.53. The van der Waals surface area contributed by atoms with Gasteiger partial charge < -0.3 is 15.8 Å². The summed E-state index contributed by atoms with van der Waals surface area (Å²) < 4.78 is 0. The Hall–Kier alpha value is -2.19. The number of primary amides is 1. The zero-order chi connectivity index (χ0) is 14.0. The Balaban J connectivity index is 2.56. The van der Waals surface area contributed by atoms with Crippen LogP contribution in [0.4, 0.5) is 0 Å². The van der Waals surface area contributed by atoms with Crippen molar-refractivity contribution in [3.05, 3.63) is 29.5 Å². The number of hydrogen-bond donors (Lipinski definition) is 4. The van der Waals surface area contributed by atoms with Crippen molar-refractivity contribution in [1.29, 1.82) is 0 Å². The highest BCUT2D eigenvalue weighted by Gasteiger charge is 2.19. The molecule has 1 aromatic heterocycles. The van der Waals surface area contributed by atoms with Gasteiger partial charge in [-0.25, -0.2) is 0 Å². The standard InChI is InChI=1S/C11H13BN4O3/c1-2-6-5-7(12(18)19)3-4-8(6)9-10(11(13)17)15-16-14-9/h3-5,18-19H,2H2,1H3,(H2,13,17)(H,14,15,16). The number of H-pyrrole nitrogens is 1. The average Bonchev–Trinajstić information content (AvgIpc) is 2.87. The number of aryl methyl sites for hydroxylation is 1. The smallest absolute Gasteiger partial charge is 0.423 e. The third kappa shape index (κ3) is 2.49. The molecule has 98 valence electrons. The molecule has 0 bridgehead atoms. The molecule has 7 nitrogen and oxygen atoms in total. The Labute approximate surface area is 109 Å². The number of nitrogens with one attached hydrogen (secondary N) is 1. The predicted molar refractivity (Wildman–Crippen MR) is 69.5 cm³/mol. The van der Waals surface area contributed by atoms with E-state index in [0.29, 0.717) is 23.1 Å². The molecular weight excluding hydrogens is 247 g/mol. The Kier molecular flexibility index (Phi) is 3.63. The second kappa shape index (κ2) is 5.21. The Morgan fingerprint density at radius 2 is 2.16 bits per heavy atom. The summed E-state index contributed by atoms with van der Waals surface area (Å²) in [7, 11) is -1.53. The first-order valence-electron chi connectivity index (χ1n) is 5.74. The van der Waals surface area contributed by atoms with Crippen molar-refractivity contribution in [2.24, 2.45) is 5.73 Å². The molecule has 0 atom stereocenters. The van der Waals surface area contributed by atoms with Gasteiger partial charge in [-0.2, -0.15) is 15.4 Å². The Morgan fingerprint density at radius 3 is 2.74 bits per heavy atom. The molecule has 0 aliphatic carbocycles. The van der Waals surface area contributed by atoms with Gasteiger partial charge in [-0.3, -0.25) is 4.79 Å². The maximum absolute atomic E-state index is 11.3. The first kappa shape index (κ1) is 13.3. The summed E-state index contributed by atoms with van der Waals surface area (Å²) in [5.41, 5.74) is 7.54. The van der Waals surface area contributed by atoms with Gasteiger partial charge in [-0.05, 0) is 17.4 Å². The fourth-order valence-corrected chi connectivity index (χ4v) is 1.89. The van der Waals surface area contributed by atoms with E-state index in [4.69, 9.17) is 15.8 Å². The average molecular weight is 260 g/mol. The lowest BCUT2D eigenvalue weighted by Gasteiger charge is -2.08. The molecule has 1 aromatic carbocycles. The summed E-state index contributed by atoms with van der Waals surface area (Å²) in [6.45, 7) is 1.91. The molecule has 0 saturated carbocycles. The molecule has 2 rings (SSSR count). The van der Waals surface area contributed by atoms with Gasteiger partial charge in [0.1, 0.15) is 5.69 Å². The van der Waals surface area contributed by atoms with Gasteiger partial charge in [0.15, 0.2) is 5.69 Å². The van der Waals surface area contributed by atoms with Gasteiger partial charge in [-0.1, -0.05) is 25.1 Å². The van der Waals surface area contributed by atoms with Crippen molar-refractivity contribution in [2.75, 3.05) is 0 Å². The van der Waals surface area contributed by atoms with Crippen molar-refractivity contribution in [2.45, 2.75) is 13.3 Å². The topological polar surface area (TPSA) is 125 Å². The number of rotatable bonds is 4. The normalized spacial score (nSPS) is 10.5. The van der Waals surface area contributed by atoms with E-state index in [-0.39, 0.29) is 5.69 Å². The molecule has 0 saturated heterocycles. The maximum atomic E-state index is 11.3. The summed E-state index contributed by atoms with van der Waals surface area (Å²) in [5.74, 6) is -0.669. The molecule has 19 heavy (non-hydrogen) atoms. The third-order valence-electron chi connectivity index (χ3n) is 2.84. The molecule has 1 heterocycles. The first-order valence-corrected chi connectivity index (χ1v) is 5.74. The monoisotopic (exact) mass is 260 g/mol. The van der Waals surface area contributed by atoms with Crippen LogP contribution in [-0.4, -0.2) is 38.5 Å². The van der Waals surface area contributed by atoms with E-state index in [1.807, 2.05) is 6.92 Å². The van der Waals surface area contributed by atoms with Crippen LogP contribution in [0.5, 0.6) is 0 Å². The molecule has 5 N–H and O–H groups in total. The Morgan fingerprint density at radius 1 is 1.42 bits per heavy atom. The van der Waals surface area contributed by atoms with Crippen LogP contribution in [0.1, 0.15) is 23.0 Å². The number of nitrogens with zero attached hydrogens (tertiary/aromatic N) is 2. The van der Waals surface area contributed by atoms with Crippen LogP contribution < -0.4 is 11.2 Å². The minimum absolute atomic E-state index is 0.0620. The molecule has 0 spiro atoms. The van der Waals surface area contributed by atoms with Crippen LogP contribution >= 0.6 is 0 Å². The van der Waals surface area contributed by atoms with Crippen LogP contribution in [0.2, 0.25) is 0 Å². The minimum Gasteiger partial charge on any atom is -0.423 e. The maximum Gasteiger partial charge on any atom is 0.488 e. The number of nitrogens with two attached hydrogens (primary N) is 1. The summed E-state index contributed by atoms with van der Waals surface area (Å²) in [5, 5.41) is 28.3. The molecular formula is C11H13BN4O3. The fourth-order valence-electron chi connectivity index (χ4n) is 1.89. The molecule has 1 amide bonds. The fraction of sp³-hybridized carbons (Fsp3) is 0.182. The highest BCUT2D eigenvalue weighted by atomic mass is 16.4. The van der Waals surface area contributed by atoms with Crippen molar-refractivity contribution in [3.63, 3.8) is 0 Å². The largest absolute Gasteiger partial charge is 0.488 e. The van der Waals surface area contributed by atoms with Crippen LogP contribution in [0.25, 0.3) is 11.3 Å². The van der Waals surface area contributed by atoms with E-state index in [1.165, 1.54) is 0 Å². The second-order valence-corrected chi connectivity index (χ2v) is 4.03. The lowest BCUT2D eigenvalue weighted by molar-refractivity contribution is 0.0996. The number of amides is 1. The lowest BCUT2D eigenvalue weighted by Crippen LogP contribution is -2.30. The number of carbonyl (C=O) groups is 1. The van der Waals surface area contributed by atoms with Gasteiger partial charge in [-0.15, -0.1) is 0 Å². The summed E-state index contributed by atoms with van der Waals surface area (Å²) >= 11 is 0. The van der Waals surface area contributed by atoms with E-state index in [0.717, 1.165) is 5.56 Å². The van der Waals surface area contributed by atoms with Crippen LogP contribution in [0.15, 0.2) is 18.2 Å². The predicted octanol–water partition coefficient (Wildman–Crippen LogP) is -1.19. The van der Waals surface area contributed by atoms with Crippen LogP contribution in [0.3, 0.4) is 0 Å². The van der Waals surface area contributed by atoms with Gasteiger partial charge in [0.05, 0.1) is 0 Å². The molecule has 0 unspecified atom stereocenters. The number of carbonyl (C=O) groups excluding carboxylic acids is 1. The van der Waals surface area contributed by atoms with Gasteiger partial charge in [0.2, 0.25) is 0 Å². The van der Waals surface area contributed by atoms with Crippen molar-refractivity contribution < 1.29 is 14.8 Å². The van der Waals surface area contributed by atoms with Gasteiger partial charge in [0.25, 0.3) is 5.91 Å². The van der Waals surface area contributed by atoms with Crippen LogP contribution in [0, 0.1) is 0 Å². The molecule has 0 aliphatic heterocycles. The summed E-state index contributed by atoms with van der Waals surface area (Å²) in [6, 6.07) is 4.87. The quantitative estimate of drug-likeness (QED) is 0.514. The van der Waals surface area contributed by atoms with Gasteiger partial charge in [0, 0.05) is 5.56 Å². The molecule has 0 radical (unpaired) electrons. The number of hydrogen-bond acceptors (Lipinski definition) is 5. The lowest BCUT2D eigenvalue weighted by atomic mass is 9.78. The zero-order valence-corrected chi connectivity index (χ0v) is 10.3. The Bertz CT molecular complexity index is 612. The number of aromatic nitrogens is 3. The van der Waals surface area contributed by atoms with E-state index < -0.39 is 13.0 Å². The SMILES string of the molecule is CCc1cc(B(O)O)ccc1-c1n[nH]nc1C(N)=O. The van der Waals surface area contributed by atoms with E-state index in [2.05, 4.69) is 15.4 Å². The van der Waals surface area contributed by atoms with Crippen LogP contribution in [-0.2, 0) is 6.42 Å². The van der Waals surface area contributed by atoms with E-state index in [9.17, 15) is 4.79 Å². The van der Waals surface area contributed by atoms with Crippen molar-refractivity contribution >= 4 is 18.5 Å². The second-order valence-electron chi connectivity index (χ2n) is 4.03. The first-order chi connectivity index (χ1) is 9.04. The molecule has 0 fully saturated rings. The third-order valence-corrected chi connectivity index (χ3v) is 2.84. The molecule has 8 heteroatoms. The van der Waals surface area contributed by atoms with Gasteiger partial charge >= 0.3 is 7.12 Å². The summed E-state index contributed by atoms with van der Waals surface area (Å²) in [6.07, 6.45) is 0.640. The van der Waals surface area contributed by atoms with Crippen molar-refractivity contribution in [3.8, 4) is 11.3 Å². The molecule has 2 aromatic rings. The zero-order valence-electron chi connectivity index (χ0n) is 10.3. The summed E-state index contributed by atoms with van der Waals surface area (Å²) in [4.78, 5) is 11.3. The van der Waals surface area contributed by atoms with Crippen molar-refractivity contribution in [1.82, 2.24) is 15.4 Å². The number of benzene rings is 1. The molecule has 0 aliphatic rings. The van der Waals surface area contributed by atoms with E-state index in [1.54, 1.807) is 18.2 Å². The number of aromatic amines is 1. The highest BCUT2D eigenvalue weighted by Crippen LogP contribution is 2.23.